The molecule has 6 amide bonds. The summed E-state index contributed by atoms with van der Waals surface area (Å²) in [6, 6.07) is 2.21. The molecule has 1 saturated heterocycles. The number of hydrogen-bond donors (Lipinski definition) is 7. The number of ether oxygens (including phenoxy) is 1. The number of carboxylic acid groups (broad SMARTS) is 1. The molecule has 0 radical (unpaired) electrons. The molecule has 8 N–H and O–H groups in total. The van der Waals surface area contributed by atoms with Crippen molar-refractivity contribution >= 4 is 35.8 Å². The summed E-state index contributed by atoms with van der Waals surface area (Å²) in [5.74, 6) is -2.86. The van der Waals surface area contributed by atoms with Gasteiger partial charge in [-0.2, -0.15) is 0 Å². The highest BCUT2D eigenvalue weighted by Gasteiger charge is 2.39. The molecule has 0 spiro atoms. The van der Waals surface area contributed by atoms with Crippen LogP contribution in [-0.4, -0.2) is 95.7 Å². The van der Waals surface area contributed by atoms with Crippen molar-refractivity contribution in [2.45, 2.75) is 111 Å². The van der Waals surface area contributed by atoms with Crippen LogP contribution in [0, 0.1) is 17.3 Å². The highest BCUT2D eigenvalue weighted by molar-refractivity contribution is 5.93. The van der Waals surface area contributed by atoms with Gasteiger partial charge in [-0.15, -0.1) is 0 Å². The van der Waals surface area contributed by atoms with Crippen molar-refractivity contribution in [1.29, 1.82) is 0 Å². The fourth-order valence-corrected chi connectivity index (χ4v) is 5.98. The van der Waals surface area contributed by atoms with Crippen LogP contribution >= 0.6 is 0 Å². The Morgan fingerprint density at radius 2 is 1.51 bits per heavy atom. The number of nitrogens with one attached hydrogen (secondary N) is 5. The number of hydrogen-bond acceptors (Lipinski definition) is 8. The first-order valence-electron chi connectivity index (χ1n) is 17.8. The number of carboxylic acids is 1. The normalized spacial score (nSPS) is 16.8. The summed E-state index contributed by atoms with van der Waals surface area (Å²) in [7, 11) is 0. The maximum absolute atomic E-state index is 13.9. The molecular formula is C36H59N7O8. The van der Waals surface area contributed by atoms with Crippen LogP contribution in [0.1, 0.15) is 86.6 Å². The van der Waals surface area contributed by atoms with Crippen LogP contribution in [0.2, 0.25) is 0 Å². The fourth-order valence-electron chi connectivity index (χ4n) is 5.98. The first-order valence-corrected chi connectivity index (χ1v) is 17.8. The number of aliphatic carboxylic acids is 1. The van der Waals surface area contributed by atoms with Gasteiger partial charge in [0.2, 0.25) is 17.7 Å². The lowest BCUT2D eigenvalue weighted by molar-refractivity contribution is -0.139. The Bertz CT molecular complexity index is 1360. The quantitative estimate of drug-likeness (QED) is 0.118. The van der Waals surface area contributed by atoms with Crippen LogP contribution in [0.4, 0.5) is 9.59 Å². The number of primary amides is 1. The van der Waals surface area contributed by atoms with E-state index in [1.165, 1.54) is 0 Å². The zero-order chi connectivity index (χ0) is 38.5. The van der Waals surface area contributed by atoms with Gasteiger partial charge < -0.3 is 47.1 Å². The third-order valence-electron chi connectivity index (χ3n) is 9.34. The van der Waals surface area contributed by atoms with Crippen molar-refractivity contribution in [2.24, 2.45) is 23.0 Å². The Labute approximate surface area is 301 Å². The zero-order valence-corrected chi connectivity index (χ0v) is 31.4. The first kappa shape index (κ1) is 42.8. The van der Waals surface area contributed by atoms with Gasteiger partial charge in [0.1, 0.15) is 23.9 Å². The molecule has 1 heterocycles. The maximum Gasteiger partial charge on any atom is 0.415 e. The van der Waals surface area contributed by atoms with Gasteiger partial charge in [-0.25, -0.2) is 14.4 Å². The number of amides is 6. The van der Waals surface area contributed by atoms with Crippen molar-refractivity contribution in [1.82, 2.24) is 31.5 Å². The topological polar surface area (TPSA) is 221 Å². The first-order chi connectivity index (χ1) is 23.8. The Kier molecular flexibility index (Phi) is 16.2. The second kappa shape index (κ2) is 19.3. The number of piperazine rings is 1. The van der Waals surface area contributed by atoms with Crippen molar-refractivity contribution in [3.63, 3.8) is 0 Å². The lowest BCUT2D eigenvalue weighted by atomic mass is 9.76. The highest BCUT2D eigenvalue weighted by Crippen LogP contribution is 2.31. The van der Waals surface area contributed by atoms with E-state index in [0.717, 1.165) is 0 Å². The Balaban J connectivity index is 2.31. The molecule has 15 nitrogen and oxygen atoms in total. The maximum atomic E-state index is 13.9. The van der Waals surface area contributed by atoms with Crippen LogP contribution < -0.4 is 37.1 Å². The van der Waals surface area contributed by atoms with E-state index in [4.69, 9.17) is 10.5 Å². The molecule has 1 fully saturated rings. The number of urea groups is 1. The number of benzene rings is 1. The summed E-state index contributed by atoms with van der Waals surface area (Å²) in [6.45, 7) is 16.9. The smallest absolute Gasteiger partial charge is 0.415 e. The van der Waals surface area contributed by atoms with E-state index in [1.54, 1.807) is 49.9 Å². The van der Waals surface area contributed by atoms with Gasteiger partial charge in [0.15, 0.2) is 0 Å². The van der Waals surface area contributed by atoms with E-state index in [2.05, 4.69) is 26.6 Å². The molecule has 15 heteroatoms. The second-order valence-electron chi connectivity index (χ2n) is 14.8. The molecule has 5 unspecified atom stereocenters. The molecule has 1 aliphatic rings. The van der Waals surface area contributed by atoms with Gasteiger partial charge in [-0.05, 0) is 62.6 Å². The minimum absolute atomic E-state index is 0.0260. The predicted octanol–water partition coefficient (Wildman–Crippen LogP) is 2.52. The van der Waals surface area contributed by atoms with E-state index in [9.17, 15) is 33.9 Å². The largest absolute Gasteiger partial charge is 0.480 e. The van der Waals surface area contributed by atoms with E-state index in [-0.39, 0.29) is 31.1 Å². The SMILES string of the molecule is CCC(C)C(NC(=O)C(Cc1ccc(OC(=O)N2CCNCC2)cc1)NC(=O)NC(CC(C)C)C(=O)O)C(=O)NC(C)(C)CC(C)(CC)C(N)=O. The van der Waals surface area contributed by atoms with Crippen LogP contribution in [0.3, 0.4) is 0 Å². The average molecular weight is 718 g/mol. The molecule has 0 saturated carbocycles. The fraction of sp³-hybridized carbons (Fsp3) is 0.667. The highest BCUT2D eigenvalue weighted by atomic mass is 16.6. The number of nitrogens with two attached hydrogens (primary N) is 1. The van der Waals surface area contributed by atoms with Gasteiger partial charge in [-0.1, -0.05) is 60.1 Å². The Morgan fingerprint density at radius 3 is 2.02 bits per heavy atom. The predicted molar refractivity (Wildman–Crippen MR) is 193 cm³/mol. The molecule has 5 atom stereocenters. The molecular weight excluding hydrogens is 658 g/mol. The van der Waals surface area contributed by atoms with Crippen LogP contribution in [-0.2, 0) is 25.6 Å². The van der Waals surface area contributed by atoms with Gasteiger partial charge in [0, 0.05) is 43.6 Å². The minimum atomic E-state index is -1.22. The molecule has 1 aromatic carbocycles. The summed E-state index contributed by atoms with van der Waals surface area (Å²) in [6.07, 6.45) is 0.954. The van der Waals surface area contributed by atoms with Gasteiger partial charge in [0.05, 0.1) is 0 Å². The molecule has 51 heavy (non-hydrogen) atoms. The van der Waals surface area contributed by atoms with E-state index in [1.807, 2.05) is 34.6 Å². The second-order valence-corrected chi connectivity index (χ2v) is 14.8. The van der Waals surface area contributed by atoms with Gasteiger partial charge >= 0.3 is 18.1 Å². The van der Waals surface area contributed by atoms with Crippen molar-refractivity contribution in [3.8, 4) is 5.75 Å². The number of carbonyl (C=O) groups excluding carboxylic acids is 5. The van der Waals surface area contributed by atoms with Crippen LogP contribution in [0.5, 0.6) is 5.75 Å². The summed E-state index contributed by atoms with van der Waals surface area (Å²) in [5, 5.41) is 23.7. The van der Waals surface area contributed by atoms with Crippen molar-refractivity contribution in [3.05, 3.63) is 29.8 Å². The van der Waals surface area contributed by atoms with Crippen LogP contribution in [0.25, 0.3) is 0 Å². The molecule has 2 rings (SSSR count). The molecule has 1 aliphatic heterocycles. The summed E-state index contributed by atoms with van der Waals surface area (Å²) in [5.41, 5.74) is 4.55. The minimum Gasteiger partial charge on any atom is -0.480 e. The summed E-state index contributed by atoms with van der Waals surface area (Å²) >= 11 is 0. The zero-order valence-electron chi connectivity index (χ0n) is 31.4. The summed E-state index contributed by atoms with van der Waals surface area (Å²) < 4.78 is 5.51. The molecule has 0 aliphatic carbocycles. The lowest BCUT2D eigenvalue weighted by Crippen LogP contribution is -2.60. The molecule has 0 bridgehead atoms. The molecule has 1 aromatic rings. The summed E-state index contributed by atoms with van der Waals surface area (Å²) in [4.78, 5) is 79.0. The van der Waals surface area contributed by atoms with Gasteiger partial charge in [-0.3, -0.25) is 14.4 Å². The Morgan fingerprint density at radius 1 is 0.922 bits per heavy atom. The van der Waals surface area contributed by atoms with Crippen molar-refractivity contribution < 1.29 is 38.6 Å². The monoisotopic (exact) mass is 717 g/mol. The standard InChI is InChI=1S/C36H59N7O8/c1-9-23(5)28(30(45)42-35(6,7)21-36(8,10-2)32(37)48)41-29(44)26(39-33(49)40-27(31(46)47)19-22(3)4)20-24-11-13-25(14-12-24)51-34(50)43-17-15-38-16-18-43/h11-14,22-23,26-28,38H,9-10,15-21H2,1-8H3,(H2,37,48)(H,41,44)(H,42,45)(H,46,47)(H2,39,40,49). The molecule has 286 valence electrons. The van der Waals surface area contributed by atoms with Gasteiger partial charge in [0.25, 0.3) is 0 Å². The number of carbonyl (C=O) groups is 6. The Hall–Kier alpha value is -4.40. The lowest BCUT2D eigenvalue weighted by Gasteiger charge is -2.37. The third-order valence-corrected chi connectivity index (χ3v) is 9.34. The third kappa shape index (κ3) is 13.7. The van der Waals surface area contributed by atoms with Crippen LogP contribution in [0.15, 0.2) is 24.3 Å². The van der Waals surface area contributed by atoms with E-state index in [0.29, 0.717) is 50.3 Å². The van der Waals surface area contributed by atoms with E-state index >= 15 is 0 Å². The molecule has 0 aromatic heterocycles. The number of nitrogens with zero attached hydrogens (tertiary/aromatic N) is 1. The average Bonchev–Trinajstić information content (AvgIpc) is 3.06. The number of rotatable bonds is 18. The van der Waals surface area contributed by atoms with Crippen molar-refractivity contribution in [2.75, 3.05) is 26.2 Å². The van der Waals surface area contributed by atoms with E-state index < -0.39 is 64.9 Å².